The van der Waals surface area contributed by atoms with Gasteiger partial charge in [0.15, 0.2) is 0 Å². The second kappa shape index (κ2) is 6.93. The minimum Gasteiger partial charge on any atom is -0.497 e. The Balaban J connectivity index is 1.81. The highest BCUT2D eigenvalue weighted by atomic mass is 32.1. The minimum atomic E-state index is 0.216. The fraction of sp³-hybridized carbons (Fsp3) is 0.294. The molecule has 23 heavy (non-hydrogen) atoms. The molecule has 0 bridgehead atoms. The summed E-state index contributed by atoms with van der Waals surface area (Å²) >= 11 is 1.63. The van der Waals surface area contributed by atoms with Gasteiger partial charge in [0.25, 0.3) is 0 Å². The average Bonchev–Trinajstić information content (AvgIpc) is 3.04. The van der Waals surface area contributed by atoms with Crippen LogP contribution in [0.25, 0.3) is 10.2 Å². The van der Waals surface area contributed by atoms with Crippen LogP contribution in [0.3, 0.4) is 0 Å². The molecule has 0 saturated carbocycles. The van der Waals surface area contributed by atoms with Crippen LogP contribution in [0.1, 0.15) is 11.6 Å². The van der Waals surface area contributed by atoms with E-state index >= 15 is 0 Å². The van der Waals surface area contributed by atoms with Crippen LogP contribution >= 0.6 is 11.3 Å². The van der Waals surface area contributed by atoms with Gasteiger partial charge in [0.2, 0.25) is 0 Å². The van der Waals surface area contributed by atoms with E-state index in [4.69, 9.17) is 4.74 Å². The SMILES string of the molecule is COc1cccc([C@@H](CNc2ncnc3sccc23)N(C)C)c1. The van der Waals surface area contributed by atoms with Crippen LogP contribution in [-0.2, 0) is 0 Å². The lowest BCUT2D eigenvalue weighted by molar-refractivity contribution is 0.310. The average molecular weight is 328 g/mol. The van der Waals surface area contributed by atoms with E-state index in [0.717, 1.165) is 28.3 Å². The van der Waals surface area contributed by atoms with E-state index in [2.05, 4.69) is 52.5 Å². The van der Waals surface area contributed by atoms with Crippen LogP contribution in [0.2, 0.25) is 0 Å². The number of anilines is 1. The quantitative estimate of drug-likeness (QED) is 0.751. The van der Waals surface area contributed by atoms with Crippen LogP contribution in [0, 0.1) is 0 Å². The molecule has 0 fully saturated rings. The van der Waals surface area contributed by atoms with E-state index in [1.165, 1.54) is 5.56 Å². The van der Waals surface area contributed by atoms with Gasteiger partial charge in [-0.2, -0.15) is 0 Å². The van der Waals surface area contributed by atoms with Crippen molar-refractivity contribution in [2.45, 2.75) is 6.04 Å². The molecule has 0 aliphatic heterocycles. The second-order valence-corrected chi connectivity index (χ2v) is 6.39. The fourth-order valence-electron chi connectivity index (χ4n) is 2.57. The number of fused-ring (bicyclic) bond motifs is 1. The van der Waals surface area contributed by atoms with E-state index in [0.29, 0.717) is 0 Å². The van der Waals surface area contributed by atoms with Gasteiger partial charge in [-0.1, -0.05) is 12.1 Å². The van der Waals surface area contributed by atoms with Crippen LogP contribution in [-0.4, -0.2) is 42.6 Å². The molecule has 0 amide bonds. The maximum atomic E-state index is 5.34. The van der Waals surface area contributed by atoms with Crippen LogP contribution in [0.15, 0.2) is 42.0 Å². The minimum absolute atomic E-state index is 0.216. The number of hydrogen-bond donors (Lipinski definition) is 1. The summed E-state index contributed by atoms with van der Waals surface area (Å²) in [6.45, 7) is 0.752. The second-order valence-electron chi connectivity index (χ2n) is 5.50. The lowest BCUT2D eigenvalue weighted by atomic mass is 10.1. The van der Waals surface area contributed by atoms with Crippen LogP contribution < -0.4 is 10.1 Å². The number of nitrogens with zero attached hydrogens (tertiary/aromatic N) is 3. The van der Waals surface area contributed by atoms with Crippen molar-refractivity contribution < 1.29 is 4.74 Å². The van der Waals surface area contributed by atoms with Crippen molar-refractivity contribution in [2.75, 3.05) is 33.1 Å². The summed E-state index contributed by atoms with van der Waals surface area (Å²) in [7, 11) is 5.84. The number of methoxy groups -OCH3 is 1. The summed E-state index contributed by atoms with van der Waals surface area (Å²) < 4.78 is 5.34. The number of ether oxygens (including phenoxy) is 1. The van der Waals surface area contributed by atoms with Gasteiger partial charge < -0.3 is 15.0 Å². The number of thiophene rings is 1. The Morgan fingerprint density at radius 2 is 2.13 bits per heavy atom. The summed E-state index contributed by atoms with van der Waals surface area (Å²) in [6, 6.07) is 10.4. The Morgan fingerprint density at radius 1 is 1.26 bits per heavy atom. The summed E-state index contributed by atoms with van der Waals surface area (Å²) in [6.07, 6.45) is 1.61. The standard InChI is InChI=1S/C17H20N4OS/c1-21(2)15(12-5-4-6-13(9-12)22-3)10-18-16-14-7-8-23-17(14)20-11-19-16/h4-9,11,15H,10H2,1-3H3,(H,18,19,20)/t15-/m1/s1. The molecule has 0 saturated heterocycles. The van der Waals surface area contributed by atoms with Gasteiger partial charge >= 0.3 is 0 Å². The molecule has 1 N–H and O–H groups in total. The lowest BCUT2D eigenvalue weighted by Gasteiger charge is -2.25. The number of likely N-dealkylation sites (N-methyl/N-ethyl adjacent to an activating group) is 1. The summed E-state index contributed by atoms with van der Waals surface area (Å²) in [5.74, 6) is 1.75. The molecule has 0 radical (unpaired) electrons. The van der Waals surface area contributed by atoms with E-state index in [1.807, 2.05) is 17.5 Å². The van der Waals surface area contributed by atoms with Gasteiger partial charge in [0.05, 0.1) is 18.5 Å². The predicted molar refractivity (Wildman–Crippen MR) is 95.3 cm³/mol. The van der Waals surface area contributed by atoms with E-state index in [-0.39, 0.29) is 6.04 Å². The maximum absolute atomic E-state index is 5.34. The molecular weight excluding hydrogens is 308 g/mol. The summed E-state index contributed by atoms with van der Waals surface area (Å²) in [4.78, 5) is 11.9. The van der Waals surface area contributed by atoms with E-state index in [9.17, 15) is 0 Å². The van der Waals surface area contributed by atoms with Crippen molar-refractivity contribution >= 4 is 27.4 Å². The van der Waals surface area contributed by atoms with Gasteiger partial charge in [0.1, 0.15) is 22.7 Å². The zero-order chi connectivity index (χ0) is 16.2. The van der Waals surface area contributed by atoms with Crippen molar-refractivity contribution in [1.29, 1.82) is 0 Å². The summed E-state index contributed by atoms with van der Waals surface area (Å²) in [5.41, 5.74) is 1.21. The molecule has 3 aromatic rings. The maximum Gasteiger partial charge on any atom is 0.138 e. The number of rotatable bonds is 6. The molecule has 2 heterocycles. The predicted octanol–water partition coefficient (Wildman–Crippen LogP) is 3.41. The molecule has 1 aromatic carbocycles. The highest BCUT2D eigenvalue weighted by Gasteiger charge is 2.15. The largest absolute Gasteiger partial charge is 0.497 e. The van der Waals surface area contributed by atoms with Crippen molar-refractivity contribution in [3.8, 4) is 5.75 Å². The molecule has 6 heteroatoms. The first-order chi connectivity index (χ1) is 11.2. The highest BCUT2D eigenvalue weighted by Crippen LogP contribution is 2.26. The first-order valence-electron chi connectivity index (χ1n) is 7.41. The topological polar surface area (TPSA) is 50.3 Å². The third kappa shape index (κ3) is 3.43. The zero-order valence-corrected chi connectivity index (χ0v) is 14.3. The van der Waals surface area contributed by atoms with Gasteiger partial charge in [-0.3, -0.25) is 0 Å². The third-order valence-electron chi connectivity index (χ3n) is 3.83. The Labute approximate surface area is 139 Å². The lowest BCUT2D eigenvalue weighted by Crippen LogP contribution is -2.27. The number of aromatic nitrogens is 2. The highest BCUT2D eigenvalue weighted by molar-refractivity contribution is 7.16. The van der Waals surface area contributed by atoms with E-state index in [1.54, 1.807) is 24.8 Å². The Morgan fingerprint density at radius 3 is 2.91 bits per heavy atom. The monoisotopic (exact) mass is 328 g/mol. The first kappa shape index (κ1) is 15.7. The molecule has 3 rings (SSSR count). The molecule has 0 unspecified atom stereocenters. The van der Waals surface area contributed by atoms with Gasteiger partial charge in [-0.05, 0) is 43.2 Å². The number of hydrogen-bond acceptors (Lipinski definition) is 6. The Bertz CT molecular complexity index is 787. The smallest absolute Gasteiger partial charge is 0.138 e. The van der Waals surface area contributed by atoms with Crippen LogP contribution in [0.5, 0.6) is 5.75 Å². The van der Waals surface area contributed by atoms with Crippen LogP contribution in [0.4, 0.5) is 5.82 Å². The third-order valence-corrected chi connectivity index (χ3v) is 4.65. The van der Waals surface area contributed by atoms with Crippen molar-refractivity contribution in [1.82, 2.24) is 14.9 Å². The van der Waals surface area contributed by atoms with Crippen molar-refractivity contribution in [2.24, 2.45) is 0 Å². The molecular formula is C17H20N4OS. The van der Waals surface area contributed by atoms with Gasteiger partial charge in [-0.25, -0.2) is 9.97 Å². The van der Waals surface area contributed by atoms with E-state index < -0.39 is 0 Å². The Hall–Kier alpha value is -2.18. The molecule has 120 valence electrons. The molecule has 0 aliphatic rings. The normalized spacial score (nSPS) is 12.5. The van der Waals surface area contributed by atoms with Gasteiger partial charge in [-0.15, -0.1) is 11.3 Å². The first-order valence-corrected chi connectivity index (χ1v) is 8.29. The fourth-order valence-corrected chi connectivity index (χ4v) is 3.30. The van der Waals surface area contributed by atoms with Crippen molar-refractivity contribution in [3.63, 3.8) is 0 Å². The molecule has 2 aromatic heterocycles. The van der Waals surface area contributed by atoms with Gasteiger partial charge in [0, 0.05) is 6.54 Å². The molecule has 0 spiro atoms. The molecule has 5 nitrogen and oxygen atoms in total. The number of benzene rings is 1. The summed E-state index contributed by atoms with van der Waals surface area (Å²) in [5, 5.41) is 6.57. The number of nitrogens with one attached hydrogen (secondary N) is 1. The zero-order valence-electron chi connectivity index (χ0n) is 13.5. The molecule has 1 atom stereocenters. The Kier molecular flexibility index (Phi) is 4.73. The molecule has 0 aliphatic carbocycles. The van der Waals surface area contributed by atoms with Crippen molar-refractivity contribution in [3.05, 3.63) is 47.6 Å².